The summed E-state index contributed by atoms with van der Waals surface area (Å²) in [4.78, 5) is 64.7. The number of amides is 4. The first kappa shape index (κ1) is 30.6. The Morgan fingerprint density at radius 3 is 2.18 bits per heavy atom. The Morgan fingerprint density at radius 2 is 1.58 bits per heavy atom. The zero-order valence-electron chi connectivity index (χ0n) is 21.4. The van der Waals surface area contributed by atoms with Gasteiger partial charge in [0, 0.05) is 35.7 Å². The lowest BCUT2D eigenvalue weighted by molar-refractivity contribution is -0.142. The molecule has 1 aromatic heterocycles. The number of aliphatic carboxylic acids is 1. The predicted molar refractivity (Wildman–Crippen MR) is 145 cm³/mol. The summed E-state index contributed by atoms with van der Waals surface area (Å²) in [6.07, 6.45) is 1.67. The molecule has 2 aromatic rings. The van der Waals surface area contributed by atoms with Gasteiger partial charge in [0.15, 0.2) is 0 Å². The van der Waals surface area contributed by atoms with Crippen LogP contribution in [0.25, 0.3) is 10.9 Å². The normalized spacial score (nSPS) is 14.3. The van der Waals surface area contributed by atoms with E-state index in [4.69, 9.17) is 11.5 Å². The average Bonchev–Trinajstić information content (AvgIpc) is 3.26. The first-order valence-corrected chi connectivity index (χ1v) is 12.9. The van der Waals surface area contributed by atoms with Crippen LogP contribution in [0, 0.1) is 5.92 Å². The van der Waals surface area contributed by atoms with E-state index in [2.05, 4.69) is 33.6 Å². The van der Waals surface area contributed by atoms with Gasteiger partial charge in [-0.15, -0.1) is 0 Å². The third kappa shape index (κ3) is 9.06. The fourth-order valence-electron chi connectivity index (χ4n) is 3.91. The molecular formula is C25H36N6O6S. The van der Waals surface area contributed by atoms with E-state index in [1.165, 1.54) is 0 Å². The van der Waals surface area contributed by atoms with Gasteiger partial charge in [-0.3, -0.25) is 19.2 Å². The second-order valence-electron chi connectivity index (χ2n) is 9.51. The van der Waals surface area contributed by atoms with Gasteiger partial charge in [-0.2, -0.15) is 12.6 Å². The molecule has 38 heavy (non-hydrogen) atoms. The van der Waals surface area contributed by atoms with E-state index in [9.17, 15) is 29.1 Å². The van der Waals surface area contributed by atoms with Crippen molar-refractivity contribution in [2.45, 2.75) is 63.7 Å². The average molecular weight is 549 g/mol. The first-order valence-electron chi connectivity index (χ1n) is 12.3. The molecular weight excluding hydrogens is 512 g/mol. The molecule has 9 N–H and O–H groups in total. The lowest BCUT2D eigenvalue weighted by atomic mass is 10.0. The van der Waals surface area contributed by atoms with Gasteiger partial charge in [0.1, 0.15) is 18.1 Å². The maximum Gasteiger partial charge on any atom is 0.326 e. The van der Waals surface area contributed by atoms with Crippen LogP contribution < -0.4 is 27.4 Å². The van der Waals surface area contributed by atoms with E-state index >= 15 is 0 Å². The largest absolute Gasteiger partial charge is 0.480 e. The van der Waals surface area contributed by atoms with Crippen LogP contribution in [-0.4, -0.2) is 69.6 Å². The molecule has 1 heterocycles. The summed E-state index contributed by atoms with van der Waals surface area (Å²) >= 11 is 4.17. The molecule has 12 nitrogen and oxygen atoms in total. The Morgan fingerprint density at radius 1 is 0.974 bits per heavy atom. The quantitative estimate of drug-likeness (QED) is 0.141. The monoisotopic (exact) mass is 548 g/mol. The number of carboxylic acid groups (broad SMARTS) is 1. The van der Waals surface area contributed by atoms with Crippen molar-refractivity contribution in [3.8, 4) is 0 Å². The SMILES string of the molecule is CC(C)CC(N)C(=O)NC(CS)C(=O)NC(Cc1c[nH]c2ccccc12)C(=O)NC(CCC(N)=O)C(=O)O. The molecule has 2 rings (SSSR count). The fraction of sp³-hybridized carbons (Fsp3) is 0.480. The standard InChI is InChI=1S/C25H36N6O6S/c1-13(2)9-16(26)22(33)31-20(12-38)24(35)30-19(10-14-11-28-17-6-4-3-5-15(14)17)23(34)29-18(25(36)37)7-8-21(27)32/h3-6,11,13,16,18-20,28,38H,7-10,12,26H2,1-2H3,(H2,27,32)(H,29,34)(H,30,35)(H,31,33)(H,36,37). The van der Waals surface area contributed by atoms with Gasteiger partial charge in [0.2, 0.25) is 23.6 Å². The minimum absolute atomic E-state index is 0.0177. The van der Waals surface area contributed by atoms with Crippen molar-refractivity contribution in [2.75, 3.05) is 5.75 Å². The second kappa shape index (κ2) is 14.4. The van der Waals surface area contributed by atoms with Crippen LogP contribution in [0.5, 0.6) is 0 Å². The van der Waals surface area contributed by atoms with E-state index < -0.39 is 53.8 Å². The minimum atomic E-state index is -1.40. The Kier molecular flexibility index (Phi) is 11.6. The van der Waals surface area contributed by atoms with Crippen molar-refractivity contribution in [3.63, 3.8) is 0 Å². The van der Waals surface area contributed by atoms with Crippen LogP contribution in [-0.2, 0) is 30.4 Å². The van der Waals surface area contributed by atoms with Crippen LogP contribution in [0.15, 0.2) is 30.5 Å². The van der Waals surface area contributed by atoms with Gasteiger partial charge in [0.25, 0.3) is 0 Å². The summed E-state index contributed by atoms with van der Waals surface area (Å²) in [6, 6.07) is 2.85. The number of nitrogens with two attached hydrogens (primary N) is 2. The molecule has 0 saturated heterocycles. The third-order valence-electron chi connectivity index (χ3n) is 5.90. The zero-order valence-corrected chi connectivity index (χ0v) is 22.3. The number of hydrogen-bond donors (Lipinski definition) is 8. The number of aromatic nitrogens is 1. The van der Waals surface area contributed by atoms with Crippen molar-refractivity contribution < 1.29 is 29.1 Å². The maximum absolute atomic E-state index is 13.2. The second-order valence-corrected chi connectivity index (χ2v) is 9.87. The Hall–Kier alpha value is -3.58. The number of para-hydroxylation sites is 1. The van der Waals surface area contributed by atoms with Crippen molar-refractivity contribution in [1.82, 2.24) is 20.9 Å². The molecule has 4 amide bonds. The third-order valence-corrected chi connectivity index (χ3v) is 6.27. The summed E-state index contributed by atoms with van der Waals surface area (Å²) in [5.41, 5.74) is 12.6. The molecule has 1 aromatic carbocycles. The topological polar surface area (TPSA) is 209 Å². The Labute approximate surface area is 226 Å². The number of thiol groups is 1. The summed E-state index contributed by atoms with van der Waals surface area (Å²) in [7, 11) is 0. The minimum Gasteiger partial charge on any atom is -0.480 e. The highest BCUT2D eigenvalue weighted by Gasteiger charge is 2.30. The molecule has 0 aliphatic heterocycles. The number of H-pyrrole nitrogens is 1. The number of rotatable bonds is 15. The zero-order chi connectivity index (χ0) is 28.4. The summed E-state index contributed by atoms with van der Waals surface area (Å²) in [5, 5.41) is 17.9. The first-order chi connectivity index (χ1) is 17.9. The van der Waals surface area contributed by atoms with Gasteiger partial charge in [0.05, 0.1) is 6.04 Å². The van der Waals surface area contributed by atoms with Crippen LogP contribution in [0.1, 0.15) is 38.7 Å². The number of primary amides is 1. The highest BCUT2D eigenvalue weighted by Crippen LogP contribution is 2.19. The number of aromatic amines is 1. The number of fused-ring (bicyclic) bond motifs is 1. The van der Waals surface area contributed by atoms with Gasteiger partial charge in [-0.05, 0) is 30.4 Å². The number of nitrogens with one attached hydrogen (secondary N) is 4. The number of carbonyl (C=O) groups is 5. The maximum atomic E-state index is 13.2. The van der Waals surface area contributed by atoms with Crippen molar-refractivity contribution in [1.29, 1.82) is 0 Å². The summed E-state index contributed by atoms with van der Waals surface area (Å²) in [5.74, 6) is -3.95. The van der Waals surface area contributed by atoms with Crippen molar-refractivity contribution in [2.24, 2.45) is 17.4 Å². The van der Waals surface area contributed by atoms with Gasteiger partial charge in [-0.25, -0.2) is 4.79 Å². The molecule has 0 aliphatic rings. The van der Waals surface area contributed by atoms with Crippen molar-refractivity contribution >= 4 is 53.1 Å². The van der Waals surface area contributed by atoms with Crippen LogP contribution in [0.4, 0.5) is 0 Å². The summed E-state index contributed by atoms with van der Waals surface area (Å²) < 4.78 is 0. The highest BCUT2D eigenvalue weighted by molar-refractivity contribution is 7.80. The van der Waals surface area contributed by atoms with E-state index in [0.717, 1.165) is 10.9 Å². The molecule has 4 atom stereocenters. The van der Waals surface area contributed by atoms with Gasteiger partial charge >= 0.3 is 5.97 Å². The lowest BCUT2D eigenvalue weighted by Crippen LogP contribution is -2.58. The van der Waals surface area contributed by atoms with Crippen LogP contribution >= 0.6 is 12.6 Å². The van der Waals surface area contributed by atoms with Crippen molar-refractivity contribution in [3.05, 3.63) is 36.0 Å². The number of hydrogen-bond acceptors (Lipinski definition) is 7. The molecule has 208 valence electrons. The van der Waals surface area contributed by atoms with Gasteiger partial charge in [-0.1, -0.05) is 32.0 Å². The number of carboxylic acids is 1. The molecule has 0 saturated carbocycles. The molecule has 0 spiro atoms. The Bertz CT molecular complexity index is 1150. The highest BCUT2D eigenvalue weighted by atomic mass is 32.1. The molecule has 0 radical (unpaired) electrons. The van der Waals surface area contributed by atoms with E-state index in [1.54, 1.807) is 6.20 Å². The molecule has 0 bridgehead atoms. The van der Waals surface area contributed by atoms with E-state index in [1.807, 2.05) is 38.1 Å². The number of benzene rings is 1. The van der Waals surface area contributed by atoms with Gasteiger partial charge < -0.3 is 37.5 Å². The molecule has 13 heteroatoms. The number of carbonyl (C=O) groups excluding carboxylic acids is 4. The lowest BCUT2D eigenvalue weighted by Gasteiger charge is -2.25. The molecule has 0 fully saturated rings. The van der Waals surface area contributed by atoms with E-state index in [0.29, 0.717) is 12.0 Å². The molecule has 0 aliphatic carbocycles. The Balaban J connectivity index is 2.25. The fourth-order valence-corrected chi connectivity index (χ4v) is 4.16. The summed E-state index contributed by atoms with van der Waals surface area (Å²) in [6.45, 7) is 3.83. The predicted octanol–water partition coefficient (Wildman–Crippen LogP) is -0.182. The van der Waals surface area contributed by atoms with E-state index in [-0.39, 0.29) is 30.9 Å². The smallest absolute Gasteiger partial charge is 0.326 e. The van der Waals surface area contributed by atoms with Crippen LogP contribution in [0.2, 0.25) is 0 Å². The van der Waals surface area contributed by atoms with Crippen LogP contribution in [0.3, 0.4) is 0 Å². The molecule has 4 unspecified atom stereocenters.